The minimum Gasteiger partial charge on any atom is -0.493 e. The monoisotopic (exact) mass is 493 g/mol. The predicted molar refractivity (Wildman–Crippen MR) is 136 cm³/mol. The van der Waals surface area contributed by atoms with Crippen LogP contribution < -0.4 is 9.47 Å². The number of nitrogens with zero attached hydrogens (tertiary/aromatic N) is 1. The van der Waals surface area contributed by atoms with Gasteiger partial charge in [0.1, 0.15) is 6.61 Å². The van der Waals surface area contributed by atoms with Crippen molar-refractivity contribution in [2.24, 2.45) is 5.92 Å². The van der Waals surface area contributed by atoms with Crippen molar-refractivity contribution in [2.45, 2.75) is 57.6 Å². The molecule has 4 rings (SSSR count). The molecule has 2 aromatic carbocycles. The van der Waals surface area contributed by atoms with Crippen LogP contribution >= 0.6 is 0 Å². The van der Waals surface area contributed by atoms with Crippen molar-refractivity contribution in [3.05, 3.63) is 59.7 Å². The molecule has 2 aliphatic rings. The van der Waals surface area contributed by atoms with Gasteiger partial charge in [0.2, 0.25) is 0 Å². The summed E-state index contributed by atoms with van der Waals surface area (Å²) in [6, 6.07) is 15.2. The van der Waals surface area contributed by atoms with Crippen molar-refractivity contribution in [3.8, 4) is 23.3 Å². The zero-order valence-corrected chi connectivity index (χ0v) is 21.6. The Morgan fingerprint density at radius 2 is 1.97 bits per heavy atom. The molecule has 192 valence electrons. The van der Waals surface area contributed by atoms with Gasteiger partial charge < -0.3 is 29.0 Å². The Balaban J connectivity index is 1.52. The number of carbonyl (C=O) groups excluding carboxylic acids is 1. The fourth-order valence-corrected chi connectivity index (χ4v) is 5.17. The summed E-state index contributed by atoms with van der Waals surface area (Å²) < 4.78 is 22.9. The summed E-state index contributed by atoms with van der Waals surface area (Å²) in [6.07, 6.45) is -1.36. The quantitative estimate of drug-likeness (QED) is 0.620. The largest absolute Gasteiger partial charge is 0.493 e. The van der Waals surface area contributed by atoms with E-state index in [1.807, 2.05) is 48.5 Å². The van der Waals surface area contributed by atoms with Gasteiger partial charge in [-0.2, -0.15) is 0 Å². The summed E-state index contributed by atoms with van der Waals surface area (Å²) >= 11 is 0. The molecule has 0 aliphatic carbocycles. The fourth-order valence-electron chi connectivity index (χ4n) is 5.17. The molecular formula is C29H35NO6. The molecule has 2 aliphatic heterocycles. The third-order valence-electron chi connectivity index (χ3n) is 6.91. The van der Waals surface area contributed by atoms with Gasteiger partial charge in [0.25, 0.3) is 5.91 Å². The number of ether oxygens (including phenoxy) is 4. The number of aliphatic hydroxyl groups is 1. The van der Waals surface area contributed by atoms with E-state index in [1.54, 1.807) is 32.8 Å². The highest BCUT2D eigenvalue weighted by Gasteiger charge is 2.48. The molecule has 7 heteroatoms. The van der Waals surface area contributed by atoms with E-state index in [9.17, 15) is 9.90 Å². The number of rotatable bonds is 6. The number of methoxy groups -OCH3 is 1. The third kappa shape index (κ3) is 5.67. The molecule has 0 radical (unpaired) electrons. The van der Waals surface area contributed by atoms with E-state index < -0.39 is 18.0 Å². The minimum atomic E-state index is -0.795. The summed E-state index contributed by atoms with van der Waals surface area (Å²) in [6.45, 7) is 8.28. The summed E-state index contributed by atoms with van der Waals surface area (Å²) in [5.41, 5.74) is 1.94. The van der Waals surface area contributed by atoms with Crippen molar-refractivity contribution in [1.82, 2.24) is 4.90 Å². The van der Waals surface area contributed by atoms with Crippen molar-refractivity contribution < 1.29 is 28.8 Å². The predicted octanol–water partition coefficient (Wildman–Crippen LogP) is 3.59. The molecule has 1 amide bonds. The SMILES string of the molecule is COc1ccc([C@H]2CN(C(=O)[C@H]3COC(C)(C)O3)C([C@@H](C)O)[C@H]2C)cc1OCC#Cc1ccccc1. The highest BCUT2D eigenvalue weighted by Crippen LogP contribution is 2.42. The van der Waals surface area contributed by atoms with Crippen molar-refractivity contribution in [1.29, 1.82) is 0 Å². The first kappa shape index (κ1) is 26.0. The van der Waals surface area contributed by atoms with Gasteiger partial charge in [0, 0.05) is 18.0 Å². The topological polar surface area (TPSA) is 77.5 Å². The number of hydrogen-bond donors (Lipinski definition) is 1. The van der Waals surface area contributed by atoms with E-state index in [-0.39, 0.29) is 37.0 Å². The molecule has 2 aromatic rings. The lowest BCUT2D eigenvalue weighted by molar-refractivity contribution is -0.162. The number of aliphatic hydroxyl groups excluding tert-OH is 1. The summed E-state index contributed by atoms with van der Waals surface area (Å²) in [4.78, 5) is 15.1. The molecule has 36 heavy (non-hydrogen) atoms. The summed E-state index contributed by atoms with van der Waals surface area (Å²) in [7, 11) is 1.60. The zero-order chi connectivity index (χ0) is 25.9. The lowest BCUT2D eigenvalue weighted by Gasteiger charge is -2.31. The Morgan fingerprint density at radius 1 is 1.22 bits per heavy atom. The van der Waals surface area contributed by atoms with Crippen LogP contribution in [0.3, 0.4) is 0 Å². The minimum absolute atomic E-state index is 0.00698. The van der Waals surface area contributed by atoms with Crippen LogP contribution in [-0.4, -0.2) is 66.8 Å². The van der Waals surface area contributed by atoms with Gasteiger partial charge in [-0.1, -0.05) is 43.0 Å². The van der Waals surface area contributed by atoms with E-state index in [2.05, 4.69) is 18.8 Å². The average molecular weight is 494 g/mol. The first-order chi connectivity index (χ1) is 17.2. The molecule has 7 nitrogen and oxygen atoms in total. The number of likely N-dealkylation sites (tertiary alicyclic amines) is 1. The maximum absolute atomic E-state index is 13.4. The fraction of sp³-hybridized carbons (Fsp3) is 0.483. The second-order valence-corrected chi connectivity index (χ2v) is 9.87. The van der Waals surface area contributed by atoms with Crippen LogP contribution in [0.15, 0.2) is 48.5 Å². The molecule has 0 saturated carbocycles. The summed E-state index contributed by atoms with van der Waals surface area (Å²) in [5.74, 6) is 6.42. The molecule has 5 atom stereocenters. The Hall–Kier alpha value is -3.05. The van der Waals surface area contributed by atoms with Crippen molar-refractivity contribution in [3.63, 3.8) is 0 Å². The standard InChI is InChI=1S/C29H35NO6/c1-19-23(17-30(27(19)20(2)31)28(32)26-18-35-29(3,4)36-26)22-13-14-24(33-5)25(16-22)34-15-9-12-21-10-7-6-8-11-21/h6-8,10-11,13-14,16,19-20,23,26-27,31H,15,17-18H2,1-5H3/t19-,20+,23-,26+,27?/m0/s1. The highest BCUT2D eigenvalue weighted by molar-refractivity contribution is 5.82. The maximum atomic E-state index is 13.4. The lowest BCUT2D eigenvalue weighted by Crippen LogP contribution is -2.48. The molecule has 2 heterocycles. The van der Waals surface area contributed by atoms with Gasteiger partial charge in [-0.25, -0.2) is 0 Å². The van der Waals surface area contributed by atoms with Crippen LogP contribution in [0.2, 0.25) is 0 Å². The summed E-state index contributed by atoms with van der Waals surface area (Å²) in [5, 5.41) is 10.6. The van der Waals surface area contributed by atoms with Crippen LogP contribution in [0.5, 0.6) is 11.5 Å². The van der Waals surface area contributed by atoms with E-state index in [0.29, 0.717) is 18.0 Å². The third-order valence-corrected chi connectivity index (χ3v) is 6.91. The van der Waals surface area contributed by atoms with Crippen LogP contribution in [0.1, 0.15) is 44.7 Å². The normalized spacial score (nSPS) is 25.7. The molecule has 1 N–H and O–H groups in total. The van der Waals surface area contributed by atoms with E-state index in [0.717, 1.165) is 11.1 Å². The van der Waals surface area contributed by atoms with E-state index in [4.69, 9.17) is 18.9 Å². The first-order valence-corrected chi connectivity index (χ1v) is 12.3. The second-order valence-electron chi connectivity index (χ2n) is 9.87. The highest BCUT2D eigenvalue weighted by atomic mass is 16.7. The Bertz CT molecular complexity index is 1120. The number of carbonyl (C=O) groups is 1. The number of benzene rings is 2. The number of hydrogen-bond acceptors (Lipinski definition) is 6. The Kier molecular flexibility index (Phi) is 7.89. The van der Waals surface area contributed by atoms with Gasteiger partial charge in [0.05, 0.1) is 25.9 Å². The molecule has 1 unspecified atom stereocenters. The van der Waals surface area contributed by atoms with Gasteiger partial charge in [-0.15, -0.1) is 0 Å². The molecule has 0 spiro atoms. The zero-order valence-electron chi connectivity index (χ0n) is 21.6. The first-order valence-electron chi connectivity index (χ1n) is 12.3. The average Bonchev–Trinajstić information content (AvgIpc) is 3.41. The molecule has 2 fully saturated rings. The lowest BCUT2D eigenvalue weighted by atomic mass is 9.85. The van der Waals surface area contributed by atoms with Crippen LogP contribution in [-0.2, 0) is 14.3 Å². The Labute approximate surface area is 213 Å². The van der Waals surface area contributed by atoms with Gasteiger partial charge in [-0.3, -0.25) is 4.79 Å². The smallest absolute Gasteiger partial charge is 0.254 e. The molecule has 0 aromatic heterocycles. The van der Waals surface area contributed by atoms with Gasteiger partial charge in [-0.05, 0) is 56.5 Å². The second kappa shape index (κ2) is 10.9. The van der Waals surface area contributed by atoms with Crippen molar-refractivity contribution in [2.75, 3.05) is 26.9 Å². The molecule has 0 bridgehead atoms. The molecular weight excluding hydrogens is 458 g/mol. The van der Waals surface area contributed by atoms with E-state index in [1.165, 1.54) is 0 Å². The van der Waals surface area contributed by atoms with Crippen LogP contribution in [0, 0.1) is 17.8 Å². The van der Waals surface area contributed by atoms with Gasteiger partial charge >= 0.3 is 0 Å². The maximum Gasteiger partial charge on any atom is 0.254 e. The van der Waals surface area contributed by atoms with Crippen LogP contribution in [0.4, 0.5) is 0 Å². The van der Waals surface area contributed by atoms with E-state index >= 15 is 0 Å². The molecule has 2 saturated heterocycles. The Morgan fingerprint density at radius 3 is 2.61 bits per heavy atom. The van der Waals surface area contributed by atoms with Crippen LogP contribution in [0.25, 0.3) is 0 Å². The number of amides is 1. The van der Waals surface area contributed by atoms with Crippen molar-refractivity contribution >= 4 is 5.91 Å². The van der Waals surface area contributed by atoms with Gasteiger partial charge in [0.15, 0.2) is 23.4 Å².